The summed E-state index contributed by atoms with van der Waals surface area (Å²) in [5.41, 5.74) is 7.48. The van der Waals surface area contributed by atoms with Crippen LogP contribution in [0.3, 0.4) is 0 Å². The average molecular weight is 527 g/mol. The molecule has 2 aliphatic heterocycles. The van der Waals surface area contributed by atoms with Gasteiger partial charge in [0.05, 0.1) is 13.0 Å². The number of rotatable bonds is 8. The number of carboxylic acids is 1. The van der Waals surface area contributed by atoms with E-state index in [9.17, 15) is 9.90 Å². The molecule has 1 N–H and O–H groups in total. The first kappa shape index (κ1) is 25.9. The molecule has 1 spiro atoms. The first-order chi connectivity index (χ1) is 18.9. The fourth-order valence-corrected chi connectivity index (χ4v) is 6.45. The quantitative estimate of drug-likeness (QED) is 0.356. The third kappa shape index (κ3) is 5.40. The first-order valence-electron chi connectivity index (χ1n) is 14.3. The largest absolute Gasteiger partial charge is 0.485 e. The van der Waals surface area contributed by atoms with Crippen molar-refractivity contribution >= 4 is 5.97 Å². The number of nitrogens with zero attached hydrogens (tertiary/aromatic N) is 2. The highest BCUT2D eigenvalue weighted by atomic mass is 16.5. The van der Waals surface area contributed by atoms with Crippen molar-refractivity contribution < 1.29 is 19.4 Å². The number of pyridine rings is 1. The zero-order valence-electron chi connectivity index (χ0n) is 23.0. The average Bonchev–Trinajstić information content (AvgIpc) is 3.73. The standard InChI is InChI=1S/C33H38N2O4/c1-22(32(36)37)17-23-5-6-24-8-10-29(39-30(24)18-23)26-7-9-28(25-11-15-34-31(20-25)38-2)27(19-26)21-35-16-4-3-12-33(35)13-14-33/h5-7,9,11,15,18-20,22,29H,3-4,8,10,12-14,16-17,21H2,1-2H3,(H,36,37). The molecule has 6 heteroatoms. The number of aliphatic carboxylic acids is 1. The number of benzene rings is 2. The minimum absolute atomic E-state index is 0.0272. The van der Waals surface area contributed by atoms with E-state index in [0.717, 1.165) is 42.8 Å². The van der Waals surface area contributed by atoms with Crippen molar-refractivity contribution in [3.8, 4) is 22.8 Å². The van der Waals surface area contributed by atoms with E-state index in [2.05, 4.69) is 40.2 Å². The monoisotopic (exact) mass is 526 g/mol. The van der Waals surface area contributed by atoms with Gasteiger partial charge in [0.25, 0.3) is 0 Å². The van der Waals surface area contributed by atoms with Gasteiger partial charge in [0.2, 0.25) is 5.88 Å². The van der Waals surface area contributed by atoms with E-state index >= 15 is 0 Å². The van der Waals surface area contributed by atoms with Gasteiger partial charge in [-0.15, -0.1) is 0 Å². The summed E-state index contributed by atoms with van der Waals surface area (Å²) < 4.78 is 12.0. The van der Waals surface area contributed by atoms with Crippen LogP contribution in [-0.4, -0.2) is 40.2 Å². The minimum Gasteiger partial charge on any atom is -0.485 e. The van der Waals surface area contributed by atoms with E-state index in [1.807, 2.05) is 24.4 Å². The Bertz CT molecular complexity index is 1370. The predicted octanol–water partition coefficient (Wildman–Crippen LogP) is 6.61. The van der Waals surface area contributed by atoms with Crippen molar-refractivity contribution in [3.63, 3.8) is 0 Å². The fourth-order valence-electron chi connectivity index (χ4n) is 6.45. The third-order valence-corrected chi connectivity index (χ3v) is 8.98. The highest BCUT2D eigenvalue weighted by Crippen LogP contribution is 2.49. The summed E-state index contributed by atoms with van der Waals surface area (Å²) in [6, 6.07) is 17.1. The Kier molecular flexibility index (Phi) is 7.06. The van der Waals surface area contributed by atoms with Crippen molar-refractivity contribution in [2.24, 2.45) is 5.92 Å². The zero-order chi connectivity index (χ0) is 27.0. The lowest BCUT2D eigenvalue weighted by molar-refractivity contribution is -0.141. The van der Waals surface area contributed by atoms with Crippen LogP contribution in [0.2, 0.25) is 0 Å². The Morgan fingerprint density at radius 2 is 2.03 bits per heavy atom. The molecule has 1 saturated carbocycles. The maximum absolute atomic E-state index is 11.4. The minimum atomic E-state index is -0.771. The van der Waals surface area contributed by atoms with Crippen LogP contribution >= 0.6 is 0 Å². The van der Waals surface area contributed by atoms with Crippen molar-refractivity contribution in [2.45, 2.75) is 76.5 Å². The lowest BCUT2D eigenvalue weighted by Crippen LogP contribution is -2.40. The summed E-state index contributed by atoms with van der Waals surface area (Å²) in [4.78, 5) is 18.4. The number of ether oxygens (including phenoxy) is 2. The van der Waals surface area contributed by atoms with E-state index in [1.165, 1.54) is 54.4 Å². The molecule has 1 aromatic heterocycles. The van der Waals surface area contributed by atoms with Crippen LogP contribution in [-0.2, 0) is 24.2 Å². The van der Waals surface area contributed by atoms with Crippen LogP contribution < -0.4 is 9.47 Å². The first-order valence-corrected chi connectivity index (χ1v) is 14.3. The van der Waals surface area contributed by atoms with E-state index in [-0.39, 0.29) is 6.10 Å². The summed E-state index contributed by atoms with van der Waals surface area (Å²) in [5.74, 6) is 0.319. The number of fused-ring (bicyclic) bond motifs is 1. The summed E-state index contributed by atoms with van der Waals surface area (Å²) >= 11 is 0. The van der Waals surface area contributed by atoms with Gasteiger partial charge in [-0.25, -0.2) is 4.98 Å². The fraction of sp³-hybridized carbons (Fsp3) is 0.455. The Morgan fingerprint density at radius 3 is 2.82 bits per heavy atom. The molecule has 6 nitrogen and oxygen atoms in total. The van der Waals surface area contributed by atoms with Crippen molar-refractivity contribution in [2.75, 3.05) is 13.7 Å². The summed E-state index contributed by atoms with van der Waals surface area (Å²) in [5, 5.41) is 9.34. The molecular weight excluding hydrogens is 488 g/mol. The van der Waals surface area contributed by atoms with Crippen LogP contribution in [0.5, 0.6) is 11.6 Å². The molecule has 2 aromatic carbocycles. The number of hydrogen-bond donors (Lipinski definition) is 1. The molecule has 2 fully saturated rings. The van der Waals surface area contributed by atoms with Gasteiger partial charge in [-0.2, -0.15) is 0 Å². The van der Waals surface area contributed by atoms with Gasteiger partial charge in [0.1, 0.15) is 11.9 Å². The summed E-state index contributed by atoms with van der Waals surface area (Å²) in [6.45, 7) is 3.85. The third-order valence-electron chi connectivity index (χ3n) is 8.98. The van der Waals surface area contributed by atoms with Gasteiger partial charge >= 0.3 is 5.97 Å². The number of aryl methyl sites for hydroxylation is 1. The Morgan fingerprint density at radius 1 is 1.15 bits per heavy atom. The molecule has 1 saturated heterocycles. The second-order valence-corrected chi connectivity index (χ2v) is 11.6. The predicted molar refractivity (Wildman–Crippen MR) is 151 cm³/mol. The normalized spacial score (nSPS) is 20.6. The molecule has 0 amide bonds. The number of hydrogen-bond acceptors (Lipinski definition) is 5. The van der Waals surface area contributed by atoms with Crippen LogP contribution in [0, 0.1) is 5.92 Å². The molecule has 39 heavy (non-hydrogen) atoms. The zero-order valence-corrected chi connectivity index (χ0v) is 23.0. The van der Waals surface area contributed by atoms with Gasteiger partial charge < -0.3 is 14.6 Å². The van der Waals surface area contributed by atoms with Crippen molar-refractivity contribution in [1.29, 1.82) is 0 Å². The SMILES string of the molecule is COc1cc(-c2ccc(C3CCc4ccc(CC(C)C(=O)O)cc4O3)cc2CN2CCCCC23CC3)ccn1. The van der Waals surface area contributed by atoms with E-state index in [1.54, 1.807) is 14.0 Å². The number of aromatic nitrogens is 1. The molecule has 204 valence electrons. The number of piperidine rings is 1. The van der Waals surface area contributed by atoms with Crippen LogP contribution in [0.15, 0.2) is 54.7 Å². The number of likely N-dealkylation sites (tertiary alicyclic amines) is 1. The summed E-state index contributed by atoms with van der Waals surface area (Å²) in [6.07, 6.45) is 10.7. The van der Waals surface area contributed by atoms with E-state index in [0.29, 0.717) is 17.8 Å². The maximum atomic E-state index is 11.4. The molecule has 2 atom stereocenters. The molecule has 0 bridgehead atoms. The van der Waals surface area contributed by atoms with Gasteiger partial charge in [-0.1, -0.05) is 43.7 Å². The van der Waals surface area contributed by atoms with Crippen LogP contribution in [0.25, 0.3) is 11.1 Å². The van der Waals surface area contributed by atoms with Gasteiger partial charge in [-0.3, -0.25) is 9.69 Å². The number of carbonyl (C=O) groups is 1. The highest BCUT2D eigenvalue weighted by molar-refractivity contribution is 5.70. The second-order valence-electron chi connectivity index (χ2n) is 11.6. The molecule has 0 radical (unpaired) electrons. The van der Waals surface area contributed by atoms with E-state index < -0.39 is 11.9 Å². The Hall–Kier alpha value is -3.38. The highest BCUT2D eigenvalue weighted by Gasteiger charge is 2.48. The Labute approximate surface area is 231 Å². The lowest BCUT2D eigenvalue weighted by atomic mass is 9.91. The van der Waals surface area contributed by atoms with Gasteiger partial charge in [0, 0.05) is 24.3 Å². The molecule has 3 aromatic rings. The van der Waals surface area contributed by atoms with Crippen LogP contribution in [0.4, 0.5) is 0 Å². The molecule has 6 rings (SSSR count). The van der Waals surface area contributed by atoms with Gasteiger partial charge in [-0.05, 0) is 97.0 Å². The number of carboxylic acid groups (broad SMARTS) is 1. The van der Waals surface area contributed by atoms with E-state index in [4.69, 9.17) is 9.47 Å². The maximum Gasteiger partial charge on any atom is 0.306 e. The molecule has 3 aliphatic rings. The summed E-state index contributed by atoms with van der Waals surface area (Å²) in [7, 11) is 1.66. The molecule has 1 aliphatic carbocycles. The number of methoxy groups -OCH3 is 1. The van der Waals surface area contributed by atoms with Crippen LogP contribution in [0.1, 0.15) is 73.8 Å². The molecular formula is C33H38N2O4. The second kappa shape index (κ2) is 10.6. The van der Waals surface area contributed by atoms with Crippen molar-refractivity contribution in [3.05, 3.63) is 77.0 Å². The Balaban J connectivity index is 1.30. The van der Waals surface area contributed by atoms with Gasteiger partial charge in [0.15, 0.2) is 0 Å². The van der Waals surface area contributed by atoms with Crippen molar-refractivity contribution in [1.82, 2.24) is 9.88 Å². The molecule has 2 unspecified atom stereocenters. The lowest BCUT2D eigenvalue weighted by Gasteiger charge is -2.37. The topological polar surface area (TPSA) is 71.9 Å². The molecule has 3 heterocycles. The smallest absolute Gasteiger partial charge is 0.306 e.